The van der Waals surface area contributed by atoms with Crippen LogP contribution in [-0.4, -0.2) is 24.2 Å². The summed E-state index contributed by atoms with van der Waals surface area (Å²) in [6.07, 6.45) is 0.695. The third kappa shape index (κ3) is 3.76. The molecule has 2 atom stereocenters. The monoisotopic (exact) mass is 349 g/mol. The molecule has 0 radical (unpaired) electrons. The number of rotatable bonds is 5. The minimum absolute atomic E-state index is 0.0561. The molecule has 1 aliphatic carbocycles. The molecule has 2 aromatic carbocycles. The van der Waals surface area contributed by atoms with E-state index in [1.165, 1.54) is 12.1 Å². The molecule has 0 spiro atoms. The van der Waals surface area contributed by atoms with Gasteiger partial charge in [0.15, 0.2) is 5.96 Å². The zero-order valence-electron chi connectivity index (χ0n) is 13.3. The van der Waals surface area contributed by atoms with E-state index in [4.69, 9.17) is 5.73 Å². The van der Waals surface area contributed by atoms with Gasteiger partial charge >= 0.3 is 0 Å². The van der Waals surface area contributed by atoms with Gasteiger partial charge in [-0.25, -0.2) is 13.2 Å². The average molecular weight is 349 g/mol. The molecular weight excluding hydrogens is 331 g/mol. The van der Waals surface area contributed by atoms with Crippen molar-refractivity contribution in [3.8, 4) is 0 Å². The number of hydrogen-bond donors (Lipinski definition) is 3. The lowest BCUT2D eigenvalue weighted by atomic mass is 10.00. The van der Waals surface area contributed by atoms with E-state index >= 15 is 0 Å². The fourth-order valence-corrected chi connectivity index (χ4v) is 2.93. The first-order valence-electron chi connectivity index (χ1n) is 7.82. The number of nitrogens with two attached hydrogens (primary N) is 1. The third-order valence-corrected chi connectivity index (χ3v) is 4.53. The van der Waals surface area contributed by atoms with Crippen LogP contribution in [0.15, 0.2) is 47.5 Å². The molecule has 132 valence electrons. The average Bonchev–Trinajstić information content (AvgIpc) is 3.32. The minimum atomic E-state index is -0.646. The molecule has 0 heterocycles. The number of nitrogens with one attached hydrogen (secondary N) is 1. The van der Waals surface area contributed by atoms with Gasteiger partial charge in [-0.1, -0.05) is 12.1 Å². The van der Waals surface area contributed by atoms with Crippen molar-refractivity contribution in [3.63, 3.8) is 0 Å². The van der Waals surface area contributed by atoms with Crippen molar-refractivity contribution in [1.29, 1.82) is 0 Å². The predicted molar refractivity (Wildman–Crippen MR) is 89.7 cm³/mol. The van der Waals surface area contributed by atoms with E-state index in [-0.39, 0.29) is 36.5 Å². The summed E-state index contributed by atoms with van der Waals surface area (Å²) in [5.74, 6) is -1.57. The van der Waals surface area contributed by atoms with Crippen LogP contribution in [0.1, 0.15) is 17.9 Å². The molecule has 1 aliphatic rings. The molecule has 0 aromatic heterocycles. The van der Waals surface area contributed by atoms with Crippen LogP contribution in [0, 0.1) is 22.9 Å². The van der Waals surface area contributed by atoms with E-state index in [1.807, 2.05) is 0 Å². The quantitative estimate of drug-likeness (QED) is 0.574. The molecule has 25 heavy (non-hydrogen) atoms. The largest absolute Gasteiger partial charge is 0.396 e. The van der Waals surface area contributed by atoms with Crippen molar-refractivity contribution in [2.75, 3.05) is 18.5 Å². The van der Waals surface area contributed by atoms with Gasteiger partial charge in [-0.2, -0.15) is 0 Å². The van der Waals surface area contributed by atoms with E-state index in [0.29, 0.717) is 6.42 Å². The van der Waals surface area contributed by atoms with Crippen molar-refractivity contribution in [3.05, 3.63) is 65.5 Å². The smallest absolute Gasteiger partial charge is 0.193 e. The molecule has 0 amide bonds. The van der Waals surface area contributed by atoms with Crippen molar-refractivity contribution in [2.45, 2.75) is 12.3 Å². The van der Waals surface area contributed by atoms with Crippen LogP contribution >= 0.6 is 0 Å². The third-order valence-electron chi connectivity index (χ3n) is 4.53. The van der Waals surface area contributed by atoms with Crippen LogP contribution in [-0.2, 0) is 0 Å². The highest BCUT2D eigenvalue weighted by Crippen LogP contribution is 2.59. The van der Waals surface area contributed by atoms with Gasteiger partial charge in [-0.05, 0) is 42.2 Å². The Bertz CT molecular complexity index is 795. The van der Waals surface area contributed by atoms with Gasteiger partial charge in [0, 0.05) is 11.5 Å². The molecule has 0 saturated heterocycles. The van der Waals surface area contributed by atoms with Gasteiger partial charge in [0.1, 0.15) is 17.5 Å². The molecule has 1 saturated carbocycles. The fraction of sp³-hybridized carbons (Fsp3) is 0.278. The minimum Gasteiger partial charge on any atom is -0.396 e. The highest BCUT2D eigenvalue weighted by molar-refractivity contribution is 5.92. The number of anilines is 1. The summed E-state index contributed by atoms with van der Waals surface area (Å²) in [4.78, 5) is 4.15. The highest BCUT2D eigenvalue weighted by Gasteiger charge is 2.54. The molecule has 0 bridgehead atoms. The lowest BCUT2D eigenvalue weighted by Crippen LogP contribution is -2.25. The molecule has 0 aliphatic heterocycles. The fourth-order valence-electron chi connectivity index (χ4n) is 2.93. The highest BCUT2D eigenvalue weighted by atomic mass is 19.1. The molecule has 4 nitrogen and oxygen atoms in total. The van der Waals surface area contributed by atoms with Crippen LogP contribution in [0.5, 0.6) is 0 Å². The Kier molecular flexibility index (Phi) is 4.67. The van der Waals surface area contributed by atoms with Crippen LogP contribution < -0.4 is 11.1 Å². The summed E-state index contributed by atoms with van der Waals surface area (Å²) < 4.78 is 39.8. The molecule has 2 aromatic rings. The van der Waals surface area contributed by atoms with Gasteiger partial charge in [0.2, 0.25) is 0 Å². The summed E-state index contributed by atoms with van der Waals surface area (Å²) >= 11 is 0. The number of aliphatic imine (C=N–C) groups is 1. The molecule has 2 unspecified atom stereocenters. The van der Waals surface area contributed by atoms with Crippen molar-refractivity contribution in [1.82, 2.24) is 0 Å². The number of nitrogens with zero attached hydrogens (tertiary/aromatic N) is 1. The normalized spacial score (nSPS) is 22.7. The second-order valence-electron chi connectivity index (χ2n) is 6.28. The van der Waals surface area contributed by atoms with Crippen molar-refractivity contribution in [2.24, 2.45) is 16.1 Å². The first-order chi connectivity index (χ1) is 11.9. The van der Waals surface area contributed by atoms with Crippen LogP contribution in [0.2, 0.25) is 0 Å². The van der Waals surface area contributed by atoms with E-state index in [2.05, 4.69) is 10.3 Å². The van der Waals surface area contributed by atoms with Gasteiger partial charge in [0.05, 0.1) is 18.8 Å². The Morgan fingerprint density at radius 3 is 2.52 bits per heavy atom. The van der Waals surface area contributed by atoms with E-state index < -0.39 is 17.0 Å². The van der Waals surface area contributed by atoms with Gasteiger partial charge in [0.25, 0.3) is 0 Å². The SMILES string of the molecule is NC(=NCC1(CO)CC1c1ccc(F)cc1)Nc1cc(F)ccc1F. The number of halogens is 3. The molecule has 3 rings (SSSR count). The van der Waals surface area contributed by atoms with Gasteiger partial charge in [-0.3, -0.25) is 4.99 Å². The number of hydrogen-bond acceptors (Lipinski definition) is 2. The molecule has 1 fully saturated rings. The van der Waals surface area contributed by atoms with Crippen LogP contribution in [0.4, 0.5) is 18.9 Å². The van der Waals surface area contributed by atoms with Crippen molar-refractivity contribution >= 4 is 11.6 Å². The summed E-state index contributed by atoms with van der Waals surface area (Å²) in [5.41, 5.74) is 6.09. The number of aliphatic hydroxyl groups excluding tert-OH is 1. The maximum atomic E-state index is 13.6. The number of benzene rings is 2. The first-order valence-corrected chi connectivity index (χ1v) is 7.82. The lowest BCUT2D eigenvalue weighted by Gasteiger charge is -2.13. The first kappa shape index (κ1) is 17.3. The van der Waals surface area contributed by atoms with Gasteiger partial charge in [-0.15, -0.1) is 0 Å². The standard InChI is InChI=1S/C18H18F3N3O/c19-12-3-1-11(2-4-12)14-8-18(14,10-25)9-23-17(22)24-16-7-13(20)5-6-15(16)21/h1-7,14,25H,8-10H2,(H3,22,23,24). The summed E-state index contributed by atoms with van der Waals surface area (Å²) in [6.45, 7) is 0.126. The molecular formula is C18H18F3N3O. The predicted octanol–water partition coefficient (Wildman–Crippen LogP) is 3.00. The Balaban J connectivity index is 1.67. The second kappa shape index (κ2) is 6.76. The topological polar surface area (TPSA) is 70.6 Å². The van der Waals surface area contributed by atoms with Crippen molar-refractivity contribution < 1.29 is 18.3 Å². The zero-order valence-corrected chi connectivity index (χ0v) is 13.3. The van der Waals surface area contributed by atoms with E-state index in [9.17, 15) is 18.3 Å². The lowest BCUT2D eigenvalue weighted by molar-refractivity contribution is 0.212. The Hall–Kier alpha value is -2.54. The number of guanidine groups is 1. The Labute approximate surface area is 143 Å². The van der Waals surface area contributed by atoms with E-state index in [1.54, 1.807) is 12.1 Å². The second-order valence-corrected chi connectivity index (χ2v) is 6.28. The maximum absolute atomic E-state index is 13.6. The van der Waals surface area contributed by atoms with Crippen LogP contribution in [0.25, 0.3) is 0 Å². The van der Waals surface area contributed by atoms with Crippen LogP contribution in [0.3, 0.4) is 0 Å². The van der Waals surface area contributed by atoms with E-state index in [0.717, 1.165) is 23.8 Å². The zero-order chi connectivity index (χ0) is 18.0. The molecule has 4 N–H and O–H groups in total. The maximum Gasteiger partial charge on any atom is 0.193 e. The van der Waals surface area contributed by atoms with Gasteiger partial charge < -0.3 is 16.2 Å². The Morgan fingerprint density at radius 2 is 1.84 bits per heavy atom. The molecule has 7 heteroatoms. The number of aliphatic hydroxyl groups is 1. The summed E-state index contributed by atoms with van der Waals surface area (Å²) in [6, 6.07) is 9.11. The Morgan fingerprint density at radius 1 is 1.16 bits per heavy atom. The summed E-state index contributed by atoms with van der Waals surface area (Å²) in [5, 5.41) is 12.2. The summed E-state index contributed by atoms with van der Waals surface area (Å²) in [7, 11) is 0.